The average molecular weight is 353 g/mol. The lowest BCUT2D eigenvalue weighted by Crippen LogP contribution is -2.31. The predicted molar refractivity (Wildman–Crippen MR) is 88.5 cm³/mol. The highest BCUT2D eigenvalue weighted by atomic mass is 19.1. The summed E-state index contributed by atoms with van der Waals surface area (Å²) < 4.78 is 23.6. The number of carbonyl (C=O) groups is 1. The van der Waals surface area contributed by atoms with Crippen LogP contribution in [0.2, 0.25) is 0 Å². The molecule has 0 spiro atoms. The van der Waals surface area contributed by atoms with Crippen molar-refractivity contribution in [3.63, 3.8) is 0 Å². The number of hydrogen-bond acceptors (Lipinski definition) is 7. The van der Waals surface area contributed by atoms with Crippen LogP contribution in [0, 0.1) is 5.82 Å². The van der Waals surface area contributed by atoms with Crippen LogP contribution in [-0.4, -0.2) is 66.6 Å². The minimum absolute atomic E-state index is 0.0106. The first-order valence-corrected chi connectivity index (χ1v) is 7.47. The van der Waals surface area contributed by atoms with Gasteiger partial charge in [0.2, 0.25) is 0 Å². The smallest absolute Gasteiger partial charge is 0.343 e. The fourth-order valence-electron chi connectivity index (χ4n) is 2.31. The molecule has 25 heavy (non-hydrogen) atoms. The summed E-state index contributed by atoms with van der Waals surface area (Å²) >= 11 is 0. The van der Waals surface area contributed by atoms with Gasteiger partial charge in [0.25, 0.3) is 0 Å². The average Bonchev–Trinajstić information content (AvgIpc) is 2.97. The second-order valence-corrected chi connectivity index (χ2v) is 5.69. The number of methoxy groups -OCH3 is 1. The molecular weight excluding hydrogens is 333 g/mol. The van der Waals surface area contributed by atoms with E-state index in [1.165, 1.54) is 19.2 Å². The Morgan fingerprint density at radius 3 is 2.80 bits per heavy atom. The van der Waals surface area contributed by atoms with E-state index in [4.69, 9.17) is 9.26 Å². The number of aromatic nitrogens is 1. The molecule has 0 amide bonds. The van der Waals surface area contributed by atoms with Gasteiger partial charge in [0, 0.05) is 18.7 Å². The number of likely N-dealkylation sites (N-methyl/N-ethyl adjacent to an activating group) is 1. The Morgan fingerprint density at radius 2 is 2.20 bits per heavy atom. The standard InChI is InChI=1S/C16H20FN3O5/c1-20(2)8-10(21)7-18-15-13(16(22)23)14(25-19-15)9-4-5-11(17)12(6-9)24-3/h4-6,10,21H,7-8H2,1-3H3,(H,18,19)(H,22,23). The van der Waals surface area contributed by atoms with Gasteiger partial charge in [-0.25, -0.2) is 9.18 Å². The number of rotatable bonds is 8. The summed E-state index contributed by atoms with van der Waals surface area (Å²) in [5, 5.41) is 25.8. The summed E-state index contributed by atoms with van der Waals surface area (Å²) in [5.74, 6) is -1.92. The monoisotopic (exact) mass is 353 g/mol. The third-order valence-corrected chi connectivity index (χ3v) is 3.40. The Labute approximate surface area is 143 Å². The fraction of sp³-hybridized carbons (Fsp3) is 0.375. The van der Waals surface area contributed by atoms with Crippen LogP contribution in [0.1, 0.15) is 10.4 Å². The van der Waals surface area contributed by atoms with Gasteiger partial charge in [0.15, 0.2) is 28.7 Å². The van der Waals surface area contributed by atoms with Crippen molar-refractivity contribution in [1.29, 1.82) is 0 Å². The molecule has 1 unspecified atom stereocenters. The Morgan fingerprint density at radius 1 is 1.48 bits per heavy atom. The van der Waals surface area contributed by atoms with Crippen LogP contribution >= 0.6 is 0 Å². The first kappa shape index (κ1) is 18.7. The topological polar surface area (TPSA) is 108 Å². The molecule has 8 nitrogen and oxygen atoms in total. The van der Waals surface area contributed by atoms with Crippen LogP contribution < -0.4 is 10.1 Å². The van der Waals surface area contributed by atoms with Crippen molar-refractivity contribution < 1.29 is 28.7 Å². The van der Waals surface area contributed by atoms with Gasteiger partial charge < -0.3 is 29.7 Å². The zero-order valence-corrected chi connectivity index (χ0v) is 14.1. The second-order valence-electron chi connectivity index (χ2n) is 5.69. The highest BCUT2D eigenvalue weighted by Crippen LogP contribution is 2.32. The molecule has 1 heterocycles. The van der Waals surface area contributed by atoms with E-state index in [9.17, 15) is 19.4 Å². The summed E-state index contributed by atoms with van der Waals surface area (Å²) in [6.45, 7) is 0.493. The molecule has 0 saturated heterocycles. The first-order chi connectivity index (χ1) is 11.8. The van der Waals surface area contributed by atoms with Crippen LogP contribution in [0.15, 0.2) is 22.7 Å². The van der Waals surface area contributed by atoms with E-state index < -0.39 is 17.9 Å². The molecule has 0 radical (unpaired) electrons. The van der Waals surface area contributed by atoms with Crippen molar-refractivity contribution in [1.82, 2.24) is 10.1 Å². The third kappa shape index (κ3) is 4.46. The molecule has 0 saturated carbocycles. The minimum Gasteiger partial charge on any atom is -0.494 e. The van der Waals surface area contributed by atoms with Gasteiger partial charge in [-0.05, 0) is 32.3 Å². The van der Waals surface area contributed by atoms with Gasteiger partial charge >= 0.3 is 5.97 Å². The quantitative estimate of drug-likeness (QED) is 0.656. The number of halogens is 1. The highest BCUT2D eigenvalue weighted by molar-refractivity contribution is 5.99. The number of nitrogens with one attached hydrogen (secondary N) is 1. The number of ether oxygens (including phenoxy) is 1. The minimum atomic E-state index is -1.26. The van der Waals surface area contributed by atoms with Crippen molar-refractivity contribution in [3.05, 3.63) is 29.6 Å². The summed E-state index contributed by atoms with van der Waals surface area (Å²) in [6, 6.07) is 3.85. The number of aromatic carboxylic acids is 1. The molecule has 3 N–H and O–H groups in total. The molecule has 0 bridgehead atoms. The number of anilines is 1. The molecule has 0 aliphatic carbocycles. The molecule has 0 aliphatic heterocycles. The maximum Gasteiger partial charge on any atom is 0.343 e. The Kier molecular flexibility index (Phi) is 5.94. The number of aliphatic hydroxyl groups is 1. The maximum atomic E-state index is 13.5. The van der Waals surface area contributed by atoms with Gasteiger partial charge in [0.05, 0.1) is 13.2 Å². The normalized spacial score (nSPS) is 12.2. The van der Waals surface area contributed by atoms with Crippen LogP contribution in [0.3, 0.4) is 0 Å². The van der Waals surface area contributed by atoms with Gasteiger partial charge in [-0.15, -0.1) is 0 Å². The molecule has 1 atom stereocenters. The summed E-state index contributed by atoms with van der Waals surface area (Å²) in [4.78, 5) is 13.4. The SMILES string of the molecule is COc1cc(-c2onc(NCC(O)CN(C)C)c2C(=O)O)ccc1F. The van der Waals surface area contributed by atoms with E-state index >= 15 is 0 Å². The van der Waals surface area contributed by atoms with Gasteiger partial charge in [-0.2, -0.15) is 0 Å². The van der Waals surface area contributed by atoms with Crippen molar-refractivity contribution >= 4 is 11.8 Å². The lowest BCUT2D eigenvalue weighted by atomic mass is 10.1. The zero-order chi connectivity index (χ0) is 18.6. The van der Waals surface area contributed by atoms with E-state index in [-0.39, 0.29) is 29.4 Å². The Bertz CT molecular complexity index is 747. The first-order valence-electron chi connectivity index (χ1n) is 7.47. The van der Waals surface area contributed by atoms with E-state index in [1.807, 2.05) is 14.1 Å². The van der Waals surface area contributed by atoms with Crippen molar-refractivity contribution in [3.8, 4) is 17.1 Å². The summed E-state index contributed by atoms with van der Waals surface area (Å²) in [6.07, 6.45) is -0.720. The Balaban J connectivity index is 2.29. The van der Waals surface area contributed by atoms with E-state index in [2.05, 4.69) is 10.5 Å². The molecule has 136 valence electrons. The number of carboxylic acid groups (broad SMARTS) is 1. The lowest BCUT2D eigenvalue weighted by Gasteiger charge is -2.16. The summed E-state index contributed by atoms with van der Waals surface area (Å²) in [7, 11) is 4.92. The molecular formula is C16H20FN3O5. The number of carboxylic acids is 1. The van der Waals surface area contributed by atoms with Crippen LogP contribution in [0.5, 0.6) is 5.75 Å². The van der Waals surface area contributed by atoms with Crippen molar-refractivity contribution in [2.24, 2.45) is 0 Å². The zero-order valence-electron chi connectivity index (χ0n) is 14.1. The highest BCUT2D eigenvalue weighted by Gasteiger charge is 2.25. The number of nitrogens with zero attached hydrogens (tertiary/aromatic N) is 2. The Hall–Kier alpha value is -2.65. The molecule has 1 aromatic carbocycles. The second kappa shape index (κ2) is 7.95. The predicted octanol–water partition coefficient (Wildman–Crippen LogP) is 1.52. The summed E-state index contributed by atoms with van der Waals surface area (Å²) in [5.41, 5.74) is 0.107. The molecule has 2 rings (SSSR count). The van der Waals surface area contributed by atoms with Crippen molar-refractivity contribution in [2.45, 2.75) is 6.10 Å². The van der Waals surface area contributed by atoms with Crippen LogP contribution in [0.4, 0.5) is 10.2 Å². The third-order valence-electron chi connectivity index (χ3n) is 3.40. The lowest BCUT2D eigenvalue weighted by molar-refractivity contribution is 0.0698. The molecule has 2 aromatic rings. The van der Waals surface area contributed by atoms with E-state index in [0.29, 0.717) is 12.1 Å². The molecule has 0 aliphatic rings. The van der Waals surface area contributed by atoms with Gasteiger partial charge in [0.1, 0.15) is 0 Å². The van der Waals surface area contributed by atoms with E-state index in [1.54, 1.807) is 4.90 Å². The van der Waals surface area contributed by atoms with Gasteiger partial charge in [-0.3, -0.25) is 0 Å². The fourth-order valence-corrected chi connectivity index (χ4v) is 2.31. The number of benzene rings is 1. The van der Waals surface area contributed by atoms with Crippen LogP contribution in [0.25, 0.3) is 11.3 Å². The number of aliphatic hydroxyl groups excluding tert-OH is 1. The van der Waals surface area contributed by atoms with E-state index in [0.717, 1.165) is 6.07 Å². The van der Waals surface area contributed by atoms with Crippen molar-refractivity contribution in [2.75, 3.05) is 39.6 Å². The van der Waals surface area contributed by atoms with Gasteiger partial charge in [-0.1, -0.05) is 5.16 Å². The molecule has 0 fully saturated rings. The number of hydrogen-bond donors (Lipinski definition) is 3. The van der Waals surface area contributed by atoms with Crippen LogP contribution in [-0.2, 0) is 0 Å². The molecule has 9 heteroatoms. The molecule has 1 aromatic heterocycles. The largest absolute Gasteiger partial charge is 0.494 e. The maximum absolute atomic E-state index is 13.5.